The van der Waals surface area contributed by atoms with E-state index in [4.69, 9.17) is 23.8 Å². The number of allylic oxidation sites excluding steroid dienone is 9. The average Bonchev–Trinajstić information content (AvgIpc) is 3.49. The second kappa shape index (κ2) is 34.8. The smallest absolute Gasteiger partial charge is 0.462 e. The van der Waals surface area contributed by atoms with Crippen LogP contribution in [0.4, 0.5) is 0 Å². The molecular formula is C44H74O16P2. The number of phosphoric acid groups is 2. The first-order valence-electron chi connectivity index (χ1n) is 21.9. The summed E-state index contributed by atoms with van der Waals surface area (Å²) in [6.45, 7) is 1.17. The molecule has 0 aromatic carbocycles. The largest absolute Gasteiger partial charge is 0.472 e. The van der Waals surface area contributed by atoms with Gasteiger partial charge in [0, 0.05) is 18.8 Å². The maximum Gasteiger partial charge on any atom is 0.472 e. The summed E-state index contributed by atoms with van der Waals surface area (Å²) in [5, 5.41) is 41.2. The van der Waals surface area contributed by atoms with Gasteiger partial charge in [-0.1, -0.05) is 119 Å². The third kappa shape index (κ3) is 31.3. The third-order valence-electron chi connectivity index (χ3n) is 9.66. The number of carbonyl (C=O) groups is 2. The monoisotopic (exact) mass is 920 g/mol. The molecule has 8 atom stereocenters. The second-order valence-corrected chi connectivity index (χ2v) is 17.9. The second-order valence-electron chi connectivity index (χ2n) is 15.2. The number of ether oxygens (including phenoxy) is 2. The van der Waals surface area contributed by atoms with Crippen molar-refractivity contribution in [3.05, 3.63) is 72.9 Å². The summed E-state index contributed by atoms with van der Waals surface area (Å²) in [7, 11) is -9.83. The Hall–Kier alpha value is -2.56. The lowest BCUT2D eigenvalue weighted by molar-refractivity contribution is -0.160. The van der Waals surface area contributed by atoms with Crippen LogP contribution >= 0.6 is 15.6 Å². The van der Waals surface area contributed by atoms with Gasteiger partial charge in [0.05, 0.1) is 44.6 Å². The zero-order chi connectivity index (χ0) is 46.1. The molecular weight excluding hydrogens is 846 g/mol. The van der Waals surface area contributed by atoms with E-state index in [1.54, 1.807) is 18.2 Å². The van der Waals surface area contributed by atoms with Crippen LogP contribution in [0, 0.1) is 11.8 Å². The number of hydrogen-bond donors (Lipinski definition) is 7. The molecule has 0 radical (unpaired) electrons. The fraction of sp³-hybridized carbons (Fsp3) is 0.682. The van der Waals surface area contributed by atoms with Crippen LogP contribution in [-0.2, 0) is 41.8 Å². The van der Waals surface area contributed by atoms with Gasteiger partial charge in [0.25, 0.3) is 0 Å². The minimum Gasteiger partial charge on any atom is -0.462 e. The number of esters is 2. The average molecular weight is 921 g/mol. The molecule has 18 heteroatoms. The highest BCUT2D eigenvalue weighted by Gasteiger charge is 2.39. The van der Waals surface area contributed by atoms with Crippen LogP contribution in [0.15, 0.2) is 72.9 Å². The predicted molar refractivity (Wildman–Crippen MR) is 236 cm³/mol. The Kier molecular flexibility index (Phi) is 32.2. The molecule has 0 spiro atoms. The summed E-state index contributed by atoms with van der Waals surface area (Å²) in [6, 6.07) is 0. The molecule has 0 aromatic heterocycles. The van der Waals surface area contributed by atoms with E-state index in [1.165, 1.54) is 25.3 Å². The van der Waals surface area contributed by atoms with Gasteiger partial charge in [-0.25, -0.2) is 9.13 Å². The number of rotatable bonds is 36. The first-order chi connectivity index (χ1) is 29.6. The Morgan fingerprint density at radius 2 is 1.26 bits per heavy atom. The van der Waals surface area contributed by atoms with E-state index < -0.39 is 90.4 Å². The van der Waals surface area contributed by atoms with Crippen molar-refractivity contribution in [3.8, 4) is 0 Å². The summed E-state index contributed by atoms with van der Waals surface area (Å²) >= 11 is 0. The fourth-order valence-corrected chi connectivity index (χ4v) is 7.41. The van der Waals surface area contributed by atoms with E-state index >= 15 is 0 Å². The van der Waals surface area contributed by atoms with Crippen molar-refractivity contribution in [1.29, 1.82) is 0 Å². The standard InChI is InChI=1S/C44H74O16P2/c1-3-5-7-8-9-10-11-12-13-14-15-16-17-18-19-20-22-27-43(49)56-34-38(35-59-62(54,55)58-33-37(46)32-57-61(51,52)53)60-44(50)28-24-23-26-39-40(42(48)31-41(39)47)30-29-36(45)25-21-6-4-2/h9-10,12-13,15-16,18-19,23-24,29-30,36-42,45-48H,3-8,11,14,17,20-22,25-28,31-35H2,1-2H3,(H,54,55)(H2,51,52,53)/b10-9-,13-12-,16-15-,19-18-,24-23-,30-29+/t36-,37+,38-,39+,40-,41+,42-/m1/s1. The quantitative estimate of drug-likeness (QED) is 0.0140. The van der Waals surface area contributed by atoms with E-state index in [0.29, 0.717) is 25.7 Å². The molecule has 1 aliphatic carbocycles. The number of carbonyl (C=O) groups excluding carboxylic acids is 2. The van der Waals surface area contributed by atoms with E-state index in [2.05, 4.69) is 59.4 Å². The lowest BCUT2D eigenvalue weighted by Gasteiger charge is -2.20. The molecule has 1 unspecified atom stereocenters. The van der Waals surface area contributed by atoms with Crippen LogP contribution in [-0.4, -0.2) is 104 Å². The van der Waals surface area contributed by atoms with Crippen LogP contribution in [0.25, 0.3) is 0 Å². The van der Waals surface area contributed by atoms with Crippen LogP contribution in [0.3, 0.4) is 0 Å². The molecule has 1 rings (SSSR count). The molecule has 0 aromatic rings. The van der Waals surface area contributed by atoms with Crippen LogP contribution < -0.4 is 0 Å². The fourth-order valence-electron chi connectivity index (χ4n) is 6.26. The maximum atomic E-state index is 12.8. The molecule has 0 saturated heterocycles. The predicted octanol–water partition coefficient (Wildman–Crippen LogP) is 7.38. The van der Waals surface area contributed by atoms with Gasteiger partial charge in [-0.3, -0.25) is 23.2 Å². The Labute approximate surface area is 368 Å². The highest BCUT2D eigenvalue weighted by Crippen LogP contribution is 2.44. The zero-order valence-electron chi connectivity index (χ0n) is 36.5. The summed E-state index contributed by atoms with van der Waals surface area (Å²) in [5.41, 5.74) is 0. The molecule has 0 heterocycles. The van der Waals surface area contributed by atoms with E-state index in [1.807, 2.05) is 12.2 Å². The molecule has 0 amide bonds. The van der Waals surface area contributed by atoms with Gasteiger partial charge in [-0.2, -0.15) is 0 Å². The maximum absolute atomic E-state index is 12.8. The Morgan fingerprint density at radius 1 is 0.677 bits per heavy atom. The number of phosphoric ester groups is 2. The lowest BCUT2D eigenvalue weighted by Crippen LogP contribution is -2.29. The number of hydrogen-bond acceptors (Lipinski definition) is 13. The molecule has 7 N–H and O–H groups in total. The molecule has 1 aliphatic rings. The summed E-state index contributed by atoms with van der Waals surface area (Å²) < 4.78 is 47.7. The molecule has 1 fully saturated rings. The lowest BCUT2D eigenvalue weighted by atomic mass is 9.89. The van der Waals surface area contributed by atoms with Crippen LogP contribution in [0.2, 0.25) is 0 Å². The number of aliphatic hydroxyl groups excluding tert-OH is 4. The van der Waals surface area contributed by atoms with E-state index in [-0.39, 0.29) is 25.2 Å². The van der Waals surface area contributed by atoms with Crippen molar-refractivity contribution in [2.75, 3.05) is 26.4 Å². The van der Waals surface area contributed by atoms with Gasteiger partial charge >= 0.3 is 27.6 Å². The summed E-state index contributed by atoms with van der Waals surface area (Å²) in [6.07, 6.45) is 30.4. The van der Waals surface area contributed by atoms with E-state index in [0.717, 1.165) is 44.9 Å². The molecule has 62 heavy (non-hydrogen) atoms. The van der Waals surface area contributed by atoms with E-state index in [9.17, 15) is 44.0 Å². The molecule has 16 nitrogen and oxygen atoms in total. The Morgan fingerprint density at radius 3 is 1.89 bits per heavy atom. The highest BCUT2D eigenvalue weighted by molar-refractivity contribution is 7.47. The van der Waals surface area contributed by atoms with Gasteiger partial charge in [0.15, 0.2) is 6.10 Å². The summed E-state index contributed by atoms with van der Waals surface area (Å²) in [5.74, 6) is -2.17. The van der Waals surface area contributed by atoms with Crippen molar-refractivity contribution in [3.63, 3.8) is 0 Å². The van der Waals surface area contributed by atoms with Gasteiger partial charge in [0.2, 0.25) is 0 Å². The highest BCUT2D eigenvalue weighted by atomic mass is 31.2. The Bertz CT molecular complexity index is 1490. The third-order valence-corrected chi connectivity index (χ3v) is 11.1. The molecule has 0 bridgehead atoms. The molecule has 0 aliphatic heterocycles. The SMILES string of the molecule is CCCCC/C=C\C/C=C\C/C=C\C/C=C\CCCC(=O)OC[C@H](COP(=O)(O)OC[C@@H](O)COP(=O)(O)O)OC(=O)C/C=C\C[C@H]1[C@@H](/C=C/[C@H](O)CCCCC)[C@H](O)C[C@@H]1O. The van der Waals surface area contributed by atoms with Crippen molar-refractivity contribution < 1.29 is 76.9 Å². The number of aliphatic hydroxyl groups is 4. The van der Waals surface area contributed by atoms with Crippen LogP contribution in [0.1, 0.15) is 123 Å². The zero-order valence-corrected chi connectivity index (χ0v) is 38.3. The summed E-state index contributed by atoms with van der Waals surface area (Å²) in [4.78, 5) is 52.9. The van der Waals surface area contributed by atoms with Crippen molar-refractivity contribution in [2.45, 2.75) is 154 Å². The first-order valence-corrected chi connectivity index (χ1v) is 24.9. The first kappa shape index (κ1) is 57.5. The van der Waals surface area contributed by atoms with Crippen molar-refractivity contribution >= 4 is 27.6 Å². The topological polar surface area (TPSA) is 256 Å². The van der Waals surface area contributed by atoms with Gasteiger partial charge < -0.3 is 44.6 Å². The van der Waals surface area contributed by atoms with Gasteiger partial charge in [-0.05, 0) is 63.7 Å². The van der Waals surface area contributed by atoms with Crippen molar-refractivity contribution in [2.24, 2.45) is 11.8 Å². The minimum absolute atomic E-state index is 0.0498. The van der Waals surface area contributed by atoms with Gasteiger partial charge in [-0.15, -0.1) is 0 Å². The minimum atomic E-state index is -4.92. The van der Waals surface area contributed by atoms with Crippen molar-refractivity contribution in [1.82, 2.24) is 0 Å². The van der Waals surface area contributed by atoms with Crippen LogP contribution in [0.5, 0.6) is 0 Å². The van der Waals surface area contributed by atoms with Gasteiger partial charge in [0.1, 0.15) is 12.7 Å². The Balaban J connectivity index is 2.67. The molecule has 1 saturated carbocycles. The molecule has 356 valence electrons. The number of unbranched alkanes of at least 4 members (excludes halogenated alkanes) is 6. The normalized spacial score (nSPS) is 21.2.